The quantitative estimate of drug-likeness (QED) is 0.603. The lowest BCUT2D eigenvalue weighted by molar-refractivity contribution is 0.102. The summed E-state index contributed by atoms with van der Waals surface area (Å²) >= 11 is 3.00. The van der Waals surface area contributed by atoms with Crippen molar-refractivity contribution in [2.75, 3.05) is 5.75 Å². The molecule has 4 nitrogen and oxygen atoms in total. The summed E-state index contributed by atoms with van der Waals surface area (Å²) in [5.41, 5.74) is 3.07. The minimum atomic E-state index is 0.165. The van der Waals surface area contributed by atoms with Crippen molar-refractivity contribution < 1.29 is 4.79 Å². The highest BCUT2D eigenvalue weighted by Gasteiger charge is 2.16. The molecule has 0 unspecified atom stereocenters. The zero-order valence-corrected chi connectivity index (χ0v) is 13.9. The van der Waals surface area contributed by atoms with Gasteiger partial charge in [-0.1, -0.05) is 30.0 Å². The van der Waals surface area contributed by atoms with Crippen LogP contribution in [-0.4, -0.2) is 26.3 Å². The molecule has 2 aromatic heterocycles. The van der Waals surface area contributed by atoms with Crippen molar-refractivity contribution in [2.45, 2.75) is 45.0 Å². The lowest BCUT2D eigenvalue weighted by Crippen LogP contribution is -2.06. The monoisotopic (exact) mass is 309 g/mol. The molecule has 0 bridgehead atoms. The van der Waals surface area contributed by atoms with Gasteiger partial charge in [-0.3, -0.25) is 4.79 Å². The van der Waals surface area contributed by atoms with Gasteiger partial charge in [0.1, 0.15) is 5.01 Å². The Kier molecular flexibility index (Phi) is 4.99. The van der Waals surface area contributed by atoms with Crippen molar-refractivity contribution in [1.82, 2.24) is 14.8 Å². The van der Waals surface area contributed by atoms with E-state index in [0.717, 1.165) is 39.3 Å². The molecule has 0 aliphatic carbocycles. The van der Waals surface area contributed by atoms with Gasteiger partial charge in [-0.25, -0.2) is 0 Å². The van der Waals surface area contributed by atoms with Crippen molar-refractivity contribution in [2.24, 2.45) is 0 Å². The van der Waals surface area contributed by atoms with Gasteiger partial charge in [0.2, 0.25) is 0 Å². The summed E-state index contributed by atoms with van der Waals surface area (Å²) in [6.45, 7) is 9.11. The molecule has 20 heavy (non-hydrogen) atoms. The highest BCUT2D eigenvalue weighted by molar-refractivity contribution is 8.01. The second kappa shape index (κ2) is 6.54. The fraction of sp³-hybridized carbons (Fsp3) is 0.500. The van der Waals surface area contributed by atoms with Crippen LogP contribution in [0.1, 0.15) is 40.1 Å². The summed E-state index contributed by atoms with van der Waals surface area (Å²) in [6.07, 6.45) is 1.07. The molecule has 0 saturated carbocycles. The van der Waals surface area contributed by atoms with Crippen LogP contribution in [0.25, 0.3) is 0 Å². The predicted octanol–water partition coefficient (Wildman–Crippen LogP) is 3.65. The molecule has 0 amide bonds. The van der Waals surface area contributed by atoms with Crippen molar-refractivity contribution >= 4 is 28.9 Å². The molecule has 0 saturated heterocycles. The molecule has 0 fully saturated rings. The predicted molar refractivity (Wildman–Crippen MR) is 83.9 cm³/mol. The van der Waals surface area contributed by atoms with Crippen LogP contribution >= 0.6 is 23.1 Å². The maximum Gasteiger partial charge on any atom is 0.174 e. The summed E-state index contributed by atoms with van der Waals surface area (Å²) in [4.78, 5) is 12.3. The number of hydrogen-bond donors (Lipinski definition) is 0. The fourth-order valence-electron chi connectivity index (χ4n) is 2.19. The van der Waals surface area contributed by atoms with Crippen LogP contribution in [0.4, 0.5) is 0 Å². The number of nitrogens with zero attached hydrogens (tertiary/aromatic N) is 3. The minimum Gasteiger partial charge on any atom is -0.348 e. The van der Waals surface area contributed by atoms with E-state index in [1.165, 1.54) is 23.1 Å². The molecule has 2 aromatic rings. The third kappa shape index (κ3) is 3.30. The van der Waals surface area contributed by atoms with E-state index in [-0.39, 0.29) is 5.78 Å². The molecular weight excluding hydrogens is 290 g/mol. The molecule has 0 aromatic carbocycles. The zero-order chi connectivity index (χ0) is 14.7. The number of ketones is 1. The fourth-order valence-corrected chi connectivity index (χ4v) is 3.89. The molecule has 0 N–H and O–H groups in total. The first-order valence-electron chi connectivity index (χ1n) is 6.65. The summed E-state index contributed by atoms with van der Waals surface area (Å²) in [7, 11) is 0. The minimum absolute atomic E-state index is 0.165. The van der Waals surface area contributed by atoms with Crippen molar-refractivity contribution in [3.8, 4) is 0 Å². The van der Waals surface area contributed by atoms with Gasteiger partial charge in [-0.2, -0.15) is 0 Å². The van der Waals surface area contributed by atoms with Gasteiger partial charge in [-0.15, -0.1) is 10.2 Å². The Morgan fingerprint density at radius 1 is 1.35 bits per heavy atom. The van der Waals surface area contributed by atoms with Gasteiger partial charge in [0.15, 0.2) is 10.1 Å². The summed E-state index contributed by atoms with van der Waals surface area (Å²) < 4.78 is 3.07. The molecule has 6 heteroatoms. The number of thioether (sulfide) groups is 1. The standard InChI is InChI=1S/C14H19N3OS2/c1-5-6-17-9(2)7-12(10(17)3)13(18)8-19-14-16-15-11(4)20-14/h7H,5-6,8H2,1-4H3. The van der Waals surface area contributed by atoms with Crippen molar-refractivity contribution in [3.63, 3.8) is 0 Å². The smallest absolute Gasteiger partial charge is 0.174 e. The van der Waals surface area contributed by atoms with Gasteiger partial charge in [0.25, 0.3) is 0 Å². The van der Waals surface area contributed by atoms with Crippen LogP contribution < -0.4 is 0 Å². The number of hydrogen-bond acceptors (Lipinski definition) is 5. The largest absolute Gasteiger partial charge is 0.348 e. The highest BCUT2D eigenvalue weighted by atomic mass is 32.2. The third-order valence-corrected chi connectivity index (χ3v) is 5.13. The van der Waals surface area contributed by atoms with Crippen LogP contribution in [0.2, 0.25) is 0 Å². The van der Waals surface area contributed by atoms with E-state index in [0.29, 0.717) is 5.75 Å². The summed E-state index contributed by atoms with van der Waals surface area (Å²) in [5, 5.41) is 8.92. The molecule has 0 radical (unpaired) electrons. The Labute approximate surface area is 127 Å². The van der Waals surface area contributed by atoms with Crippen molar-refractivity contribution in [3.05, 3.63) is 28.0 Å². The van der Waals surface area contributed by atoms with E-state index in [2.05, 4.69) is 28.6 Å². The SMILES string of the molecule is CCCn1c(C)cc(C(=O)CSc2nnc(C)s2)c1C. The number of carbonyl (C=O) groups excluding carboxylic acids is 1. The molecule has 0 aliphatic heterocycles. The van der Waals surface area contributed by atoms with Crippen LogP contribution in [-0.2, 0) is 6.54 Å². The normalized spacial score (nSPS) is 11.0. The first-order chi connectivity index (χ1) is 9.52. The average molecular weight is 309 g/mol. The molecule has 108 valence electrons. The Bertz CT molecular complexity index is 616. The average Bonchev–Trinajstić information content (AvgIpc) is 2.94. The van der Waals surface area contributed by atoms with E-state index in [1.807, 2.05) is 19.9 Å². The molecule has 2 rings (SSSR count). The lowest BCUT2D eigenvalue weighted by Gasteiger charge is -2.07. The second-order valence-corrected chi connectivity index (χ2v) is 7.14. The van der Waals surface area contributed by atoms with E-state index in [1.54, 1.807) is 0 Å². The topological polar surface area (TPSA) is 47.8 Å². The number of rotatable bonds is 6. The van der Waals surface area contributed by atoms with E-state index in [4.69, 9.17) is 0 Å². The van der Waals surface area contributed by atoms with Crippen molar-refractivity contribution in [1.29, 1.82) is 0 Å². The van der Waals surface area contributed by atoms with Crippen LogP contribution in [0.15, 0.2) is 10.4 Å². The molecule has 0 atom stereocenters. The van der Waals surface area contributed by atoms with Crippen LogP contribution in [0.3, 0.4) is 0 Å². The number of aryl methyl sites for hydroxylation is 2. The van der Waals surface area contributed by atoms with Crippen LogP contribution in [0.5, 0.6) is 0 Å². The zero-order valence-electron chi connectivity index (χ0n) is 12.3. The van der Waals surface area contributed by atoms with Gasteiger partial charge in [0.05, 0.1) is 5.75 Å². The van der Waals surface area contributed by atoms with E-state index < -0.39 is 0 Å². The maximum absolute atomic E-state index is 12.3. The second-order valence-electron chi connectivity index (χ2n) is 4.74. The summed E-state index contributed by atoms with van der Waals surface area (Å²) in [5.74, 6) is 0.587. The third-order valence-electron chi connectivity index (χ3n) is 3.16. The molecule has 2 heterocycles. The summed E-state index contributed by atoms with van der Waals surface area (Å²) in [6, 6.07) is 2.00. The van der Waals surface area contributed by atoms with Crippen LogP contribution in [0, 0.1) is 20.8 Å². The Morgan fingerprint density at radius 3 is 2.70 bits per heavy atom. The van der Waals surface area contributed by atoms with E-state index in [9.17, 15) is 4.79 Å². The Morgan fingerprint density at radius 2 is 2.10 bits per heavy atom. The van der Waals surface area contributed by atoms with Gasteiger partial charge < -0.3 is 4.57 Å². The maximum atomic E-state index is 12.3. The molecule has 0 aliphatic rings. The number of aromatic nitrogens is 3. The van der Waals surface area contributed by atoms with E-state index >= 15 is 0 Å². The molecule has 0 spiro atoms. The lowest BCUT2D eigenvalue weighted by atomic mass is 10.2. The molecular formula is C14H19N3OS2. The highest BCUT2D eigenvalue weighted by Crippen LogP contribution is 2.24. The first kappa shape index (κ1) is 15.3. The number of carbonyl (C=O) groups is 1. The first-order valence-corrected chi connectivity index (χ1v) is 8.46. The number of Topliss-reactive ketones (excluding diaryl/α,β-unsaturated/α-hetero) is 1. The Hall–Kier alpha value is -1.14. The van der Waals surface area contributed by atoms with Gasteiger partial charge in [0, 0.05) is 23.5 Å². The Balaban J connectivity index is 2.07. The van der Waals surface area contributed by atoms with Gasteiger partial charge >= 0.3 is 0 Å². The van der Waals surface area contributed by atoms with Gasteiger partial charge in [-0.05, 0) is 33.3 Å².